The molecule has 0 spiro atoms. The third-order valence-corrected chi connectivity index (χ3v) is 4.04. The van der Waals surface area contributed by atoms with Crippen molar-refractivity contribution in [1.29, 1.82) is 0 Å². The first kappa shape index (κ1) is 16.3. The van der Waals surface area contributed by atoms with Crippen molar-refractivity contribution in [2.45, 2.75) is 13.5 Å². The van der Waals surface area contributed by atoms with Crippen molar-refractivity contribution >= 4 is 23.0 Å². The fourth-order valence-corrected chi connectivity index (χ4v) is 2.80. The van der Waals surface area contributed by atoms with Crippen LogP contribution in [-0.2, 0) is 6.54 Å². The molecule has 3 aromatic rings. The topological polar surface area (TPSA) is 66.6 Å². The van der Waals surface area contributed by atoms with Crippen LogP contribution >= 0.6 is 0 Å². The quantitative estimate of drug-likeness (QED) is 0.438. The number of carbonyl (C=O) groups excluding carboxylic acids is 1. The third kappa shape index (κ3) is 3.10. The van der Waals surface area contributed by atoms with Crippen molar-refractivity contribution in [1.82, 2.24) is 9.99 Å². The monoisotopic (exact) mass is 331 g/mol. The number of phenols is 1. The van der Waals surface area contributed by atoms with Crippen LogP contribution in [0.2, 0.25) is 0 Å². The summed E-state index contributed by atoms with van der Waals surface area (Å²) < 4.78 is 2.03. The molecular weight excluding hydrogens is 314 g/mol. The highest BCUT2D eigenvalue weighted by atomic mass is 16.3. The number of nitrogens with zero attached hydrogens (tertiary/aromatic N) is 2. The molecule has 0 unspecified atom stereocenters. The van der Waals surface area contributed by atoms with Crippen molar-refractivity contribution in [2.75, 3.05) is 0 Å². The van der Waals surface area contributed by atoms with Crippen molar-refractivity contribution in [3.05, 3.63) is 65.4 Å². The van der Waals surface area contributed by atoms with E-state index in [9.17, 15) is 9.90 Å². The predicted molar refractivity (Wildman–Crippen MR) is 98.7 cm³/mol. The number of fused-ring (bicyclic) bond motifs is 1. The molecule has 25 heavy (non-hydrogen) atoms. The number of rotatable bonds is 4. The lowest BCUT2D eigenvalue weighted by Gasteiger charge is -2.03. The molecule has 5 heteroatoms. The van der Waals surface area contributed by atoms with Gasteiger partial charge in [-0.3, -0.25) is 4.79 Å². The number of hydrazone groups is 1. The molecule has 0 saturated heterocycles. The zero-order chi connectivity index (χ0) is 17.8. The molecule has 124 valence electrons. The van der Waals surface area contributed by atoms with Crippen LogP contribution in [0.5, 0.6) is 5.75 Å². The Kier molecular flexibility index (Phi) is 4.53. The first-order valence-electron chi connectivity index (χ1n) is 7.76. The maximum absolute atomic E-state index is 12.1. The van der Waals surface area contributed by atoms with E-state index in [4.69, 9.17) is 6.42 Å². The Labute approximate surface area is 145 Å². The molecule has 0 fully saturated rings. The fraction of sp³-hybridized carbons (Fsp3) is 0.100. The standard InChI is InChI=1S/C20H17N3O2/c1-3-12-23-14(2)17(15-8-4-6-10-18(15)23)13-21-22-20(25)16-9-5-7-11-19(16)24/h1,4-11,13,24H,12H2,2H3,(H,22,25)/b21-13-. The van der Waals surface area contributed by atoms with Crippen LogP contribution in [-0.4, -0.2) is 21.8 Å². The second-order valence-corrected chi connectivity index (χ2v) is 5.52. The van der Waals surface area contributed by atoms with E-state index in [1.807, 2.05) is 35.8 Å². The van der Waals surface area contributed by atoms with E-state index in [0.717, 1.165) is 22.2 Å². The number of amides is 1. The van der Waals surface area contributed by atoms with Gasteiger partial charge in [0, 0.05) is 22.2 Å². The minimum absolute atomic E-state index is 0.0861. The summed E-state index contributed by atoms with van der Waals surface area (Å²) in [6, 6.07) is 14.2. The number of para-hydroxylation sites is 2. The van der Waals surface area contributed by atoms with Crippen molar-refractivity contribution in [3.8, 4) is 18.1 Å². The van der Waals surface area contributed by atoms with E-state index < -0.39 is 5.91 Å². The molecule has 0 aliphatic rings. The molecule has 0 bridgehead atoms. The number of carbonyl (C=O) groups is 1. The van der Waals surface area contributed by atoms with Gasteiger partial charge in [0.05, 0.1) is 18.3 Å². The Balaban J connectivity index is 1.90. The van der Waals surface area contributed by atoms with E-state index >= 15 is 0 Å². The summed E-state index contributed by atoms with van der Waals surface area (Å²) in [6.45, 7) is 2.42. The summed E-state index contributed by atoms with van der Waals surface area (Å²) in [4.78, 5) is 12.1. The van der Waals surface area contributed by atoms with Gasteiger partial charge in [-0.1, -0.05) is 36.3 Å². The number of aromatic nitrogens is 1. The lowest BCUT2D eigenvalue weighted by Crippen LogP contribution is -2.17. The van der Waals surface area contributed by atoms with Gasteiger partial charge in [0.15, 0.2) is 0 Å². The molecule has 1 amide bonds. The van der Waals surface area contributed by atoms with E-state index in [-0.39, 0.29) is 11.3 Å². The number of aromatic hydroxyl groups is 1. The van der Waals surface area contributed by atoms with Crippen molar-refractivity contribution in [3.63, 3.8) is 0 Å². The highest BCUT2D eigenvalue weighted by Gasteiger charge is 2.12. The molecular formula is C20H17N3O2. The van der Waals surface area contributed by atoms with Crippen LogP contribution < -0.4 is 5.43 Å². The van der Waals surface area contributed by atoms with Gasteiger partial charge in [-0.05, 0) is 25.1 Å². The van der Waals surface area contributed by atoms with Crippen LogP contribution in [0.15, 0.2) is 53.6 Å². The molecule has 5 nitrogen and oxygen atoms in total. The van der Waals surface area contributed by atoms with Gasteiger partial charge in [-0.15, -0.1) is 6.42 Å². The van der Waals surface area contributed by atoms with Crippen molar-refractivity contribution < 1.29 is 9.90 Å². The SMILES string of the molecule is C#CCn1c(C)c(/C=N\NC(=O)c2ccccc2O)c2ccccc21. The van der Waals surface area contributed by atoms with Gasteiger partial charge in [0.25, 0.3) is 5.91 Å². The summed E-state index contributed by atoms with van der Waals surface area (Å²) in [5.41, 5.74) is 5.50. The summed E-state index contributed by atoms with van der Waals surface area (Å²) in [5.74, 6) is 2.09. The maximum atomic E-state index is 12.1. The number of nitrogens with one attached hydrogen (secondary N) is 1. The first-order chi connectivity index (χ1) is 12.1. The van der Waals surface area contributed by atoms with Gasteiger partial charge in [0.1, 0.15) is 5.75 Å². The Morgan fingerprint density at radius 1 is 1.28 bits per heavy atom. The van der Waals surface area contributed by atoms with Gasteiger partial charge in [0.2, 0.25) is 0 Å². The summed E-state index contributed by atoms with van der Waals surface area (Å²) in [7, 11) is 0. The Bertz CT molecular complexity index is 1010. The van der Waals surface area contributed by atoms with Crippen LogP contribution in [0, 0.1) is 19.3 Å². The molecule has 0 saturated carbocycles. The fourth-order valence-electron chi connectivity index (χ4n) is 2.80. The number of hydrogen-bond acceptors (Lipinski definition) is 3. The largest absolute Gasteiger partial charge is 0.507 e. The van der Waals surface area contributed by atoms with Crippen LogP contribution in [0.3, 0.4) is 0 Å². The molecule has 0 radical (unpaired) electrons. The summed E-state index contributed by atoms with van der Waals surface area (Å²) in [5, 5.41) is 14.8. The smallest absolute Gasteiger partial charge is 0.275 e. The maximum Gasteiger partial charge on any atom is 0.275 e. The Morgan fingerprint density at radius 3 is 2.76 bits per heavy atom. The van der Waals surface area contributed by atoms with E-state index in [2.05, 4.69) is 16.4 Å². The Hall–Kier alpha value is -3.52. The van der Waals surface area contributed by atoms with Crippen molar-refractivity contribution in [2.24, 2.45) is 5.10 Å². The predicted octanol–water partition coefficient (Wildman–Crippen LogP) is 3.05. The molecule has 2 aromatic carbocycles. The molecule has 1 heterocycles. The normalized spacial score (nSPS) is 10.9. The lowest BCUT2D eigenvalue weighted by atomic mass is 10.1. The first-order valence-corrected chi connectivity index (χ1v) is 7.76. The highest BCUT2D eigenvalue weighted by molar-refractivity contribution is 6.02. The highest BCUT2D eigenvalue weighted by Crippen LogP contribution is 2.24. The van der Waals surface area contributed by atoms with E-state index in [1.54, 1.807) is 18.3 Å². The number of hydrogen-bond donors (Lipinski definition) is 2. The second kappa shape index (κ2) is 6.93. The minimum atomic E-state index is -0.473. The third-order valence-electron chi connectivity index (χ3n) is 4.04. The minimum Gasteiger partial charge on any atom is -0.507 e. The number of benzene rings is 2. The number of terminal acetylenes is 1. The molecule has 0 aliphatic carbocycles. The number of phenolic OH excluding ortho intramolecular Hbond substituents is 1. The van der Waals surface area contributed by atoms with Crippen LogP contribution in [0.4, 0.5) is 0 Å². The summed E-state index contributed by atoms with van der Waals surface area (Å²) in [6.07, 6.45) is 7.06. The Morgan fingerprint density at radius 2 is 2.00 bits per heavy atom. The molecule has 0 atom stereocenters. The van der Waals surface area contributed by atoms with E-state index in [0.29, 0.717) is 6.54 Å². The van der Waals surface area contributed by atoms with Crippen LogP contribution in [0.25, 0.3) is 10.9 Å². The van der Waals surface area contributed by atoms with Crippen LogP contribution in [0.1, 0.15) is 21.6 Å². The molecule has 1 aromatic heterocycles. The van der Waals surface area contributed by atoms with Gasteiger partial charge in [-0.25, -0.2) is 5.43 Å². The average Bonchev–Trinajstić information content (AvgIpc) is 2.88. The van der Waals surface area contributed by atoms with E-state index in [1.165, 1.54) is 12.1 Å². The molecule has 2 N–H and O–H groups in total. The molecule has 0 aliphatic heterocycles. The zero-order valence-electron chi connectivity index (χ0n) is 13.7. The van der Waals surface area contributed by atoms with Gasteiger partial charge < -0.3 is 9.67 Å². The van der Waals surface area contributed by atoms with Gasteiger partial charge in [-0.2, -0.15) is 5.10 Å². The molecule has 3 rings (SSSR count). The zero-order valence-corrected chi connectivity index (χ0v) is 13.7. The van der Waals surface area contributed by atoms with Gasteiger partial charge >= 0.3 is 0 Å². The second-order valence-electron chi connectivity index (χ2n) is 5.52. The average molecular weight is 331 g/mol. The lowest BCUT2D eigenvalue weighted by molar-refractivity contribution is 0.0952. The summed E-state index contributed by atoms with van der Waals surface area (Å²) >= 11 is 0.